The maximum atomic E-state index is 13.2. The lowest BCUT2D eigenvalue weighted by Gasteiger charge is -2.35. The summed E-state index contributed by atoms with van der Waals surface area (Å²) >= 11 is 12.2. The Morgan fingerprint density at radius 2 is 1.84 bits per heavy atom. The number of aromatic nitrogens is 2. The smallest absolute Gasteiger partial charge is 0.356 e. The number of alkyl halides is 5. The average molecular weight is 498 g/mol. The molecule has 14 heteroatoms. The molecule has 3 rings (SSSR count). The molecule has 1 fully saturated rings. The Hall–Kier alpha value is -2.15. The van der Waals surface area contributed by atoms with Crippen molar-refractivity contribution in [3.63, 3.8) is 0 Å². The summed E-state index contributed by atoms with van der Waals surface area (Å²) in [5, 5.41) is 6.86. The summed E-state index contributed by atoms with van der Waals surface area (Å²) in [5.74, 6) is -0.899. The van der Waals surface area contributed by atoms with Crippen molar-refractivity contribution in [1.29, 1.82) is 0 Å². The van der Waals surface area contributed by atoms with Gasteiger partial charge in [-0.3, -0.25) is 4.79 Å². The van der Waals surface area contributed by atoms with Crippen LogP contribution in [0.15, 0.2) is 35.6 Å². The third kappa shape index (κ3) is 5.76. The van der Waals surface area contributed by atoms with E-state index in [1.54, 1.807) is 4.90 Å². The number of halogens is 5. The molecule has 0 radical (unpaired) electrons. The minimum atomic E-state index is -4.72. The molecule has 1 aliphatic heterocycles. The average Bonchev–Trinajstić information content (AvgIpc) is 2.66. The first-order valence-electron chi connectivity index (χ1n) is 8.76. The molecule has 0 atom stereocenters. The fraction of sp³-hybridized carbons (Fsp3) is 0.353. The monoisotopic (exact) mass is 497 g/mol. The summed E-state index contributed by atoms with van der Waals surface area (Å²) in [7, 11) is -4.14. The summed E-state index contributed by atoms with van der Waals surface area (Å²) < 4.78 is 61.6. The first kappa shape index (κ1) is 23.5. The number of sulfonamides is 1. The predicted octanol–water partition coefficient (Wildman–Crippen LogP) is 3.17. The van der Waals surface area contributed by atoms with Crippen LogP contribution in [-0.2, 0) is 16.2 Å². The Bertz CT molecular complexity index is 1100. The SMILES string of the molecule is NS(=O)(=O)c1cc(NC(=O)c2cc(C(F)(F)F)cnc2N2CCC(Cl)(Cl)CC2)ccn1. The van der Waals surface area contributed by atoms with Crippen molar-refractivity contribution >= 4 is 50.6 Å². The zero-order valence-corrected chi connectivity index (χ0v) is 18.0. The van der Waals surface area contributed by atoms with Gasteiger partial charge in [-0.15, -0.1) is 23.2 Å². The third-order valence-corrected chi connectivity index (χ3v) is 6.08. The number of carbonyl (C=O) groups excluding carboxylic acids is 1. The normalized spacial score (nSPS) is 16.8. The molecule has 3 heterocycles. The lowest BCUT2D eigenvalue weighted by molar-refractivity contribution is -0.137. The maximum absolute atomic E-state index is 13.2. The van der Waals surface area contributed by atoms with E-state index in [0.717, 1.165) is 12.3 Å². The van der Waals surface area contributed by atoms with Crippen molar-refractivity contribution in [2.24, 2.45) is 5.14 Å². The Morgan fingerprint density at radius 3 is 2.42 bits per heavy atom. The first-order valence-corrected chi connectivity index (χ1v) is 11.1. The van der Waals surface area contributed by atoms with Gasteiger partial charge in [0.1, 0.15) is 10.2 Å². The molecule has 8 nitrogen and oxygen atoms in total. The van der Waals surface area contributed by atoms with Gasteiger partial charge in [0.05, 0.1) is 11.1 Å². The zero-order chi connectivity index (χ0) is 23.0. The van der Waals surface area contributed by atoms with Gasteiger partial charge in [0, 0.05) is 37.2 Å². The summed E-state index contributed by atoms with van der Waals surface area (Å²) in [6, 6.07) is 2.94. The van der Waals surface area contributed by atoms with Gasteiger partial charge in [-0.1, -0.05) is 0 Å². The highest BCUT2D eigenvalue weighted by Crippen LogP contribution is 2.37. The molecule has 3 N–H and O–H groups in total. The molecule has 1 amide bonds. The van der Waals surface area contributed by atoms with Crippen LogP contribution in [0.3, 0.4) is 0 Å². The van der Waals surface area contributed by atoms with Crippen LogP contribution < -0.4 is 15.4 Å². The molecule has 2 aromatic rings. The van der Waals surface area contributed by atoms with Crippen LogP contribution in [0.1, 0.15) is 28.8 Å². The highest BCUT2D eigenvalue weighted by atomic mass is 35.5. The highest BCUT2D eigenvalue weighted by Gasteiger charge is 2.35. The third-order valence-electron chi connectivity index (χ3n) is 4.52. The quantitative estimate of drug-likeness (QED) is 0.626. The van der Waals surface area contributed by atoms with E-state index in [4.69, 9.17) is 28.3 Å². The van der Waals surface area contributed by atoms with Crippen molar-refractivity contribution in [1.82, 2.24) is 9.97 Å². The largest absolute Gasteiger partial charge is 0.417 e. The number of anilines is 2. The van der Waals surface area contributed by atoms with Crippen LogP contribution in [0.5, 0.6) is 0 Å². The van der Waals surface area contributed by atoms with Gasteiger partial charge < -0.3 is 10.2 Å². The Morgan fingerprint density at radius 1 is 1.19 bits per heavy atom. The second kappa shape index (κ2) is 8.41. The van der Waals surface area contributed by atoms with Gasteiger partial charge in [-0.2, -0.15) is 13.2 Å². The number of piperidine rings is 1. The van der Waals surface area contributed by atoms with Crippen molar-refractivity contribution in [3.05, 3.63) is 41.7 Å². The lowest BCUT2D eigenvalue weighted by Crippen LogP contribution is -2.39. The zero-order valence-electron chi connectivity index (χ0n) is 15.7. The number of nitrogens with zero attached hydrogens (tertiary/aromatic N) is 3. The van der Waals surface area contributed by atoms with E-state index in [1.165, 1.54) is 6.07 Å². The Kier molecular flexibility index (Phi) is 6.38. The number of hydrogen-bond acceptors (Lipinski definition) is 6. The molecule has 0 spiro atoms. The van der Waals surface area contributed by atoms with Crippen molar-refractivity contribution in [2.75, 3.05) is 23.3 Å². The van der Waals surface area contributed by atoms with Gasteiger partial charge in [0.15, 0.2) is 5.03 Å². The molecule has 0 unspecified atom stereocenters. The van der Waals surface area contributed by atoms with E-state index < -0.39 is 37.0 Å². The predicted molar refractivity (Wildman–Crippen MR) is 109 cm³/mol. The van der Waals surface area contributed by atoms with E-state index in [1.807, 2.05) is 0 Å². The van der Waals surface area contributed by atoms with Gasteiger partial charge >= 0.3 is 6.18 Å². The number of carbonyl (C=O) groups is 1. The van der Waals surface area contributed by atoms with Crippen LogP contribution >= 0.6 is 23.2 Å². The minimum Gasteiger partial charge on any atom is -0.356 e. The number of rotatable bonds is 4. The number of hydrogen-bond donors (Lipinski definition) is 2. The van der Waals surface area contributed by atoms with Crippen LogP contribution in [-0.4, -0.2) is 41.7 Å². The Labute approximate surface area is 185 Å². The lowest BCUT2D eigenvalue weighted by atomic mass is 10.1. The molecule has 168 valence electrons. The number of nitrogens with one attached hydrogen (secondary N) is 1. The second-order valence-corrected chi connectivity index (χ2v) is 9.97. The van der Waals surface area contributed by atoms with E-state index in [0.29, 0.717) is 25.1 Å². The Balaban J connectivity index is 1.96. The summed E-state index contributed by atoms with van der Waals surface area (Å²) in [5.41, 5.74) is -1.48. The van der Waals surface area contributed by atoms with Crippen molar-refractivity contribution in [2.45, 2.75) is 28.4 Å². The fourth-order valence-corrected chi connectivity index (χ4v) is 3.76. The molecule has 1 aliphatic rings. The number of amides is 1. The first-order chi connectivity index (χ1) is 14.3. The topological polar surface area (TPSA) is 118 Å². The van der Waals surface area contributed by atoms with Gasteiger partial charge in [-0.25, -0.2) is 23.5 Å². The van der Waals surface area contributed by atoms with Crippen LogP contribution in [0.25, 0.3) is 0 Å². The standard InChI is InChI=1S/C17H16Cl2F3N5O3S/c18-16(19)2-5-27(6-3-16)14-12(7-10(9-25-14)17(20,21)22)15(28)26-11-1-4-24-13(8-11)31(23,29)30/h1,4,7-9H,2-3,5-6H2,(H2,23,29,30)(H,24,26,28). The molecule has 0 bridgehead atoms. The van der Waals surface area contributed by atoms with Crippen LogP contribution in [0, 0.1) is 0 Å². The number of primary sulfonamides is 1. The molecule has 31 heavy (non-hydrogen) atoms. The minimum absolute atomic E-state index is 0.0217. The summed E-state index contributed by atoms with van der Waals surface area (Å²) in [6.07, 6.45) is -2.35. The molecule has 0 aromatic carbocycles. The van der Waals surface area contributed by atoms with Gasteiger partial charge in [0.25, 0.3) is 15.9 Å². The van der Waals surface area contributed by atoms with Crippen molar-refractivity contribution < 1.29 is 26.4 Å². The van der Waals surface area contributed by atoms with Crippen LogP contribution in [0.2, 0.25) is 0 Å². The molecule has 0 aliphatic carbocycles. The summed E-state index contributed by atoms with van der Waals surface area (Å²) in [6.45, 7) is 0.549. The van der Waals surface area contributed by atoms with Crippen LogP contribution in [0.4, 0.5) is 24.7 Å². The second-order valence-electron chi connectivity index (χ2n) is 6.82. The van der Waals surface area contributed by atoms with E-state index in [9.17, 15) is 26.4 Å². The maximum Gasteiger partial charge on any atom is 0.417 e. The van der Waals surface area contributed by atoms with E-state index in [2.05, 4.69) is 15.3 Å². The van der Waals surface area contributed by atoms with Crippen molar-refractivity contribution in [3.8, 4) is 0 Å². The molecule has 0 saturated carbocycles. The number of nitrogens with two attached hydrogens (primary N) is 1. The summed E-state index contributed by atoms with van der Waals surface area (Å²) in [4.78, 5) is 21.9. The number of pyridine rings is 2. The van der Waals surface area contributed by atoms with Gasteiger partial charge in [0.2, 0.25) is 0 Å². The molecular weight excluding hydrogens is 482 g/mol. The fourth-order valence-electron chi connectivity index (χ4n) is 2.92. The molecule has 1 saturated heterocycles. The molecule has 2 aromatic heterocycles. The van der Waals surface area contributed by atoms with E-state index in [-0.39, 0.29) is 30.2 Å². The van der Waals surface area contributed by atoms with Gasteiger partial charge in [-0.05, 0) is 25.0 Å². The molecular formula is C17H16Cl2F3N5O3S. The highest BCUT2D eigenvalue weighted by molar-refractivity contribution is 7.89. The van der Waals surface area contributed by atoms with E-state index >= 15 is 0 Å².